The molecule has 4 nitrogen and oxygen atoms in total. The van der Waals surface area contributed by atoms with Crippen LogP contribution in [-0.4, -0.2) is 42.0 Å². The van der Waals surface area contributed by atoms with Crippen molar-refractivity contribution < 1.29 is 4.79 Å². The minimum Gasteiger partial charge on any atom is -0.350 e. The molecule has 5 heteroatoms. The predicted octanol–water partition coefficient (Wildman–Crippen LogP) is 2.16. The number of carbonyl (C=O) groups is 1. The third-order valence-corrected chi connectivity index (χ3v) is 4.54. The van der Waals surface area contributed by atoms with E-state index in [2.05, 4.69) is 29.0 Å². The molecule has 0 bridgehead atoms. The van der Waals surface area contributed by atoms with Crippen molar-refractivity contribution in [3.8, 4) is 0 Å². The number of hydrogen-bond acceptors (Lipinski definition) is 4. The molecule has 0 radical (unpaired) electrons. The molecule has 1 amide bonds. The van der Waals surface area contributed by atoms with Gasteiger partial charge in [-0.2, -0.15) is 0 Å². The summed E-state index contributed by atoms with van der Waals surface area (Å²) in [5.41, 5.74) is 2.54. The Morgan fingerprint density at radius 3 is 2.74 bits per heavy atom. The largest absolute Gasteiger partial charge is 0.350 e. The Kier molecular flexibility index (Phi) is 4.93. The van der Waals surface area contributed by atoms with Gasteiger partial charge < -0.3 is 10.2 Å². The molecular weight excluding hydrogens is 258 g/mol. The molecule has 2 rings (SSSR count). The van der Waals surface area contributed by atoms with Crippen LogP contribution in [0.4, 0.5) is 0 Å². The summed E-state index contributed by atoms with van der Waals surface area (Å²) < 4.78 is 0. The maximum Gasteiger partial charge on any atom is 0.263 e. The fourth-order valence-electron chi connectivity index (χ4n) is 2.90. The molecule has 0 spiro atoms. The zero-order valence-corrected chi connectivity index (χ0v) is 12.8. The van der Waals surface area contributed by atoms with Gasteiger partial charge in [-0.15, -0.1) is 11.3 Å². The van der Waals surface area contributed by atoms with Crippen LogP contribution in [0.25, 0.3) is 0 Å². The first kappa shape index (κ1) is 14.5. The number of aryl methyl sites for hydroxylation is 1. The Balaban J connectivity index is 1.75. The second-order valence-electron chi connectivity index (χ2n) is 5.73. The number of nitrogens with zero attached hydrogens (tertiary/aromatic N) is 2. The lowest BCUT2D eigenvalue weighted by molar-refractivity contribution is 0.0940. The van der Waals surface area contributed by atoms with Gasteiger partial charge in [-0.3, -0.25) is 4.79 Å². The standard InChI is InChI=1S/C14H23N3OS/c1-10-6-11(2)8-17(7-10)5-4-15-14(18)13-12(3)16-9-19-13/h9-11H,4-8H2,1-3H3,(H,15,18)/t10-,11-/m1/s1. The van der Waals surface area contributed by atoms with Gasteiger partial charge in [0.25, 0.3) is 5.91 Å². The topological polar surface area (TPSA) is 45.2 Å². The summed E-state index contributed by atoms with van der Waals surface area (Å²) in [6.07, 6.45) is 1.32. The average molecular weight is 281 g/mol. The Bertz CT molecular complexity index is 422. The first-order chi connectivity index (χ1) is 9.06. The molecule has 2 atom stereocenters. The lowest BCUT2D eigenvalue weighted by Gasteiger charge is -2.34. The molecule has 1 aromatic rings. The van der Waals surface area contributed by atoms with Gasteiger partial charge in [0.1, 0.15) is 4.88 Å². The van der Waals surface area contributed by atoms with Crippen molar-refractivity contribution in [2.75, 3.05) is 26.2 Å². The Morgan fingerprint density at radius 1 is 1.47 bits per heavy atom. The van der Waals surface area contributed by atoms with Gasteiger partial charge in [0, 0.05) is 26.2 Å². The summed E-state index contributed by atoms with van der Waals surface area (Å²) >= 11 is 1.41. The molecule has 1 saturated heterocycles. The monoisotopic (exact) mass is 281 g/mol. The first-order valence-corrected chi connectivity index (χ1v) is 7.85. The fourth-order valence-corrected chi connectivity index (χ4v) is 3.62. The van der Waals surface area contributed by atoms with Crippen molar-refractivity contribution >= 4 is 17.2 Å². The third kappa shape index (κ3) is 4.01. The van der Waals surface area contributed by atoms with Crippen molar-refractivity contribution in [2.24, 2.45) is 11.8 Å². The van der Waals surface area contributed by atoms with Gasteiger partial charge >= 0.3 is 0 Å². The number of nitrogens with one attached hydrogen (secondary N) is 1. The smallest absolute Gasteiger partial charge is 0.263 e. The Morgan fingerprint density at radius 2 is 2.16 bits per heavy atom. The van der Waals surface area contributed by atoms with Crippen molar-refractivity contribution in [1.82, 2.24) is 15.2 Å². The molecule has 0 aliphatic carbocycles. The molecule has 1 fully saturated rings. The zero-order chi connectivity index (χ0) is 13.8. The van der Waals surface area contributed by atoms with E-state index in [1.165, 1.54) is 17.8 Å². The van der Waals surface area contributed by atoms with Crippen LogP contribution >= 0.6 is 11.3 Å². The molecule has 106 valence electrons. The number of likely N-dealkylation sites (tertiary alicyclic amines) is 1. The zero-order valence-electron chi connectivity index (χ0n) is 12.0. The summed E-state index contributed by atoms with van der Waals surface area (Å²) in [6, 6.07) is 0. The van der Waals surface area contributed by atoms with Gasteiger partial charge in [0.05, 0.1) is 11.2 Å². The Hall–Kier alpha value is -0.940. The third-order valence-electron chi connectivity index (χ3n) is 3.61. The molecule has 19 heavy (non-hydrogen) atoms. The summed E-state index contributed by atoms with van der Waals surface area (Å²) in [5, 5.41) is 2.99. The number of rotatable bonds is 4. The number of carbonyl (C=O) groups excluding carboxylic acids is 1. The highest BCUT2D eigenvalue weighted by molar-refractivity contribution is 7.11. The average Bonchev–Trinajstić information content (AvgIpc) is 2.74. The number of hydrogen-bond donors (Lipinski definition) is 1. The lowest BCUT2D eigenvalue weighted by atomic mass is 9.92. The second-order valence-corrected chi connectivity index (χ2v) is 6.58. The van der Waals surface area contributed by atoms with Crippen LogP contribution in [0.3, 0.4) is 0 Å². The molecular formula is C14H23N3OS. The highest BCUT2D eigenvalue weighted by atomic mass is 32.1. The van der Waals surface area contributed by atoms with E-state index >= 15 is 0 Å². The van der Waals surface area contributed by atoms with E-state index in [4.69, 9.17) is 0 Å². The number of thiazole rings is 1. The summed E-state index contributed by atoms with van der Waals surface area (Å²) in [6.45, 7) is 10.5. The minimum atomic E-state index is 0.0121. The number of piperidine rings is 1. The maximum absolute atomic E-state index is 11.9. The van der Waals surface area contributed by atoms with E-state index in [9.17, 15) is 4.79 Å². The SMILES string of the molecule is Cc1ncsc1C(=O)NCCN1C[C@H](C)C[C@@H](C)C1. The minimum absolute atomic E-state index is 0.0121. The number of aromatic nitrogens is 1. The van der Waals surface area contributed by atoms with Crippen molar-refractivity contribution in [3.05, 3.63) is 16.1 Å². The molecule has 1 aliphatic rings. The lowest BCUT2D eigenvalue weighted by Crippen LogP contribution is -2.42. The van der Waals surface area contributed by atoms with E-state index in [-0.39, 0.29) is 5.91 Å². The summed E-state index contributed by atoms with van der Waals surface area (Å²) in [5.74, 6) is 1.55. The van der Waals surface area contributed by atoms with E-state index < -0.39 is 0 Å². The molecule has 1 N–H and O–H groups in total. The van der Waals surface area contributed by atoms with E-state index in [0.29, 0.717) is 0 Å². The predicted molar refractivity (Wildman–Crippen MR) is 78.6 cm³/mol. The summed E-state index contributed by atoms with van der Waals surface area (Å²) in [4.78, 5) is 19.2. The molecule has 0 aromatic carbocycles. The maximum atomic E-state index is 11.9. The van der Waals surface area contributed by atoms with Crippen LogP contribution in [0.5, 0.6) is 0 Å². The Labute approximate surface area is 119 Å². The van der Waals surface area contributed by atoms with E-state index in [0.717, 1.165) is 48.6 Å². The molecule has 1 aromatic heterocycles. The fraction of sp³-hybridized carbons (Fsp3) is 0.714. The highest BCUT2D eigenvalue weighted by Gasteiger charge is 2.21. The van der Waals surface area contributed by atoms with Crippen molar-refractivity contribution in [2.45, 2.75) is 27.2 Å². The van der Waals surface area contributed by atoms with Crippen LogP contribution < -0.4 is 5.32 Å². The van der Waals surface area contributed by atoms with Crippen molar-refractivity contribution in [1.29, 1.82) is 0 Å². The first-order valence-electron chi connectivity index (χ1n) is 6.97. The molecule has 0 unspecified atom stereocenters. The normalized spacial score (nSPS) is 24.4. The van der Waals surface area contributed by atoms with Gasteiger partial charge in [-0.1, -0.05) is 13.8 Å². The van der Waals surface area contributed by atoms with Gasteiger partial charge in [-0.25, -0.2) is 4.98 Å². The van der Waals surface area contributed by atoms with Crippen LogP contribution in [0, 0.1) is 18.8 Å². The van der Waals surface area contributed by atoms with E-state index in [1.807, 2.05) is 6.92 Å². The molecule has 2 heterocycles. The quantitative estimate of drug-likeness (QED) is 0.920. The molecule has 0 saturated carbocycles. The van der Waals surface area contributed by atoms with Gasteiger partial charge in [0.2, 0.25) is 0 Å². The van der Waals surface area contributed by atoms with Gasteiger partial charge in [0.15, 0.2) is 0 Å². The van der Waals surface area contributed by atoms with Crippen LogP contribution in [0.1, 0.15) is 35.6 Å². The highest BCUT2D eigenvalue weighted by Crippen LogP contribution is 2.20. The molecule has 1 aliphatic heterocycles. The van der Waals surface area contributed by atoms with E-state index in [1.54, 1.807) is 5.51 Å². The van der Waals surface area contributed by atoms with Crippen LogP contribution in [0.15, 0.2) is 5.51 Å². The number of amides is 1. The van der Waals surface area contributed by atoms with Crippen molar-refractivity contribution in [3.63, 3.8) is 0 Å². The van der Waals surface area contributed by atoms with Crippen LogP contribution in [-0.2, 0) is 0 Å². The second kappa shape index (κ2) is 6.48. The van der Waals surface area contributed by atoms with Crippen LogP contribution in [0.2, 0.25) is 0 Å². The van der Waals surface area contributed by atoms with Gasteiger partial charge in [-0.05, 0) is 25.2 Å². The summed E-state index contributed by atoms with van der Waals surface area (Å²) in [7, 11) is 0.